The number of nitrogens with one attached hydrogen (secondary N) is 2. The average Bonchev–Trinajstić information content (AvgIpc) is 3.32. The van der Waals surface area contributed by atoms with E-state index in [1.165, 1.54) is 0 Å². The van der Waals surface area contributed by atoms with Crippen LogP contribution >= 0.6 is 0 Å². The van der Waals surface area contributed by atoms with Crippen molar-refractivity contribution in [3.8, 4) is 5.75 Å². The minimum absolute atomic E-state index is 0.269. The van der Waals surface area contributed by atoms with Crippen molar-refractivity contribution in [3.63, 3.8) is 0 Å². The summed E-state index contributed by atoms with van der Waals surface area (Å²) in [7, 11) is 0. The van der Waals surface area contributed by atoms with Crippen molar-refractivity contribution in [1.29, 1.82) is 0 Å². The van der Waals surface area contributed by atoms with Crippen molar-refractivity contribution in [2.24, 2.45) is 4.99 Å². The van der Waals surface area contributed by atoms with Crippen LogP contribution in [-0.2, 0) is 20.8 Å². The molecule has 8 nitrogen and oxygen atoms in total. The van der Waals surface area contributed by atoms with Gasteiger partial charge in [0.05, 0.1) is 32.5 Å². The third-order valence-electron chi connectivity index (χ3n) is 5.30. The van der Waals surface area contributed by atoms with Gasteiger partial charge in [-0.3, -0.25) is 4.90 Å². The van der Waals surface area contributed by atoms with Gasteiger partial charge in [-0.1, -0.05) is 12.1 Å². The van der Waals surface area contributed by atoms with Crippen molar-refractivity contribution >= 4 is 5.96 Å². The smallest absolute Gasteiger partial charge is 0.191 e. The van der Waals surface area contributed by atoms with E-state index in [-0.39, 0.29) is 6.10 Å². The molecular weight excluding hydrogens is 396 g/mol. The van der Waals surface area contributed by atoms with E-state index in [1.807, 2.05) is 12.1 Å². The summed E-state index contributed by atoms with van der Waals surface area (Å²) in [5.74, 6) is 1.72. The fourth-order valence-corrected chi connectivity index (χ4v) is 3.54. The molecular formula is C23H38N4O4. The molecule has 0 amide bonds. The molecule has 2 aliphatic rings. The number of ether oxygens (including phenoxy) is 4. The standard InChI is InChI=1S/C23H38N4O4/c1-2-24-23(25-8-4-12-30-22-7-13-29-19-22)26-18-20-5-3-6-21(17-20)31-16-11-27-9-14-28-15-10-27/h3,5-6,17,22H,2,4,7-16,18-19H2,1H3,(H2,24,25,26). The van der Waals surface area contributed by atoms with Gasteiger partial charge < -0.3 is 29.6 Å². The summed E-state index contributed by atoms with van der Waals surface area (Å²) in [5, 5.41) is 6.68. The van der Waals surface area contributed by atoms with E-state index in [9.17, 15) is 0 Å². The summed E-state index contributed by atoms with van der Waals surface area (Å²) >= 11 is 0. The molecule has 0 bridgehead atoms. The Bertz CT molecular complexity index is 646. The lowest BCUT2D eigenvalue weighted by Gasteiger charge is -2.26. The van der Waals surface area contributed by atoms with E-state index >= 15 is 0 Å². The summed E-state index contributed by atoms with van der Waals surface area (Å²) < 4.78 is 22.5. The topological polar surface area (TPSA) is 76.6 Å². The molecule has 0 spiro atoms. The second-order valence-corrected chi connectivity index (χ2v) is 7.78. The molecule has 1 aromatic rings. The maximum Gasteiger partial charge on any atom is 0.191 e. The predicted octanol–water partition coefficient (Wildman–Crippen LogP) is 1.65. The van der Waals surface area contributed by atoms with Crippen LogP contribution < -0.4 is 15.4 Å². The lowest BCUT2D eigenvalue weighted by molar-refractivity contribution is 0.0322. The first-order valence-corrected chi connectivity index (χ1v) is 11.6. The van der Waals surface area contributed by atoms with Crippen molar-refractivity contribution in [3.05, 3.63) is 29.8 Å². The Kier molecular flexibility index (Phi) is 10.9. The maximum absolute atomic E-state index is 5.95. The van der Waals surface area contributed by atoms with Crippen molar-refractivity contribution < 1.29 is 18.9 Å². The number of rotatable bonds is 12. The Hall–Kier alpha value is -1.87. The van der Waals surface area contributed by atoms with Crippen LogP contribution in [0.4, 0.5) is 0 Å². The highest BCUT2D eigenvalue weighted by Gasteiger charge is 2.15. The summed E-state index contributed by atoms with van der Waals surface area (Å²) in [6.07, 6.45) is 2.21. The van der Waals surface area contributed by atoms with Crippen LogP contribution in [0.25, 0.3) is 0 Å². The minimum Gasteiger partial charge on any atom is -0.492 e. The molecule has 1 atom stereocenters. The predicted molar refractivity (Wildman–Crippen MR) is 122 cm³/mol. The zero-order chi connectivity index (χ0) is 21.6. The SMILES string of the molecule is CCNC(=NCc1cccc(OCCN2CCOCC2)c1)NCCCOC1CCOC1. The largest absolute Gasteiger partial charge is 0.492 e. The van der Waals surface area contributed by atoms with Gasteiger partial charge in [-0.25, -0.2) is 4.99 Å². The van der Waals surface area contributed by atoms with Crippen LogP contribution in [-0.4, -0.2) is 89.3 Å². The summed E-state index contributed by atoms with van der Waals surface area (Å²) in [6.45, 7) is 11.8. The minimum atomic E-state index is 0.269. The van der Waals surface area contributed by atoms with Gasteiger partial charge in [0.1, 0.15) is 12.4 Å². The Labute approximate surface area is 186 Å². The normalized spacial score (nSPS) is 20.0. The van der Waals surface area contributed by atoms with Gasteiger partial charge in [-0.05, 0) is 37.5 Å². The zero-order valence-electron chi connectivity index (χ0n) is 18.8. The second-order valence-electron chi connectivity index (χ2n) is 7.78. The van der Waals surface area contributed by atoms with Crippen LogP contribution in [0.1, 0.15) is 25.3 Å². The van der Waals surface area contributed by atoms with E-state index in [0.717, 1.165) is 95.9 Å². The average molecular weight is 435 g/mol. The van der Waals surface area contributed by atoms with Gasteiger partial charge in [0.2, 0.25) is 0 Å². The number of aliphatic imine (C=N–C) groups is 1. The molecule has 0 radical (unpaired) electrons. The molecule has 3 rings (SSSR count). The third-order valence-corrected chi connectivity index (χ3v) is 5.30. The van der Waals surface area contributed by atoms with Crippen molar-refractivity contribution in [1.82, 2.24) is 15.5 Å². The zero-order valence-corrected chi connectivity index (χ0v) is 18.8. The first kappa shape index (κ1) is 23.8. The van der Waals surface area contributed by atoms with E-state index in [4.69, 9.17) is 23.9 Å². The van der Waals surface area contributed by atoms with Gasteiger partial charge in [-0.15, -0.1) is 0 Å². The van der Waals surface area contributed by atoms with E-state index < -0.39 is 0 Å². The number of benzene rings is 1. The quantitative estimate of drug-likeness (QED) is 0.294. The molecule has 2 heterocycles. The number of hydrogen-bond acceptors (Lipinski definition) is 6. The maximum atomic E-state index is 5.95. The molecule has 2 aliphatic heterocycles. The van der Waals surface area contributed by atoms with Crippen molar-refractivity contribution in [2.45, 2.75) is 32.4 Å². The Morgan fingerprint density at radius 3 is 2.87 bits per heavy atom. The van der Waals surface area contributed by atoms with E-state index in [2.05, 4.69) is 34.6 Å². The van der Waals surface area contributed by atoms with Gasteiger partial charge in [0.15, 0.2) is 5.96 Å². The highest BCUT2D eigenvalue weighted by Crippen LogP contribution is 2.14. The fraction of sp³-hybridized carbons (Fsp3) is 0.696. The molecule has 31 heavy (non-hydrogen) atoms. The molecule has 1 aromatic carbocycles. The summed E-state index contributed by atoms with van der Waals surface area (Å²) in [6, 6.07) is 8.19. The van der Waals surface area contributed by atoms with Crippen LogP contribution in [0.3, 0.4) is 0 Å². The van der Waals surface area contributed by atoms with E-state index in [1.54, 1.807) is 0 Å². The van der Waals surface area contributed by atoms with Gasteiger partial charge >= 0.3 is 0 Å². The van der Waals surface area contributed by atoms with Gasteiger partial charge in [-0.2, -0.15) is 0 Å². The highest BCUT2D eigenvalue weighted by atomic mass is 16.5. The first-order chi connectivity index (χ1) is 15.3. The Balaban J connectivity index is 1.36. The molecule has 2 fully saturated rings. The van der Waals surface area contributed by atoms with Gasteiger partial charge in [0, 0.05) is 45.9 Å². The molecule has 0 aliphatic carbocycles. The van der Waals surface area contributed by atoms with Crippen molar-refractivity contribution in [2.75, 3.05) is 72.4 Å². The van der Waals surface area contributed by atoms with Gasteiger partial charge in [0.25, 0.3) is 0 Å². The highest BCUT2D eigenvalue weighted by molar-refractivity contribution is 5.79. The van der Waals surface area contributed by atoms with E-state index in [0.29, 0.717) is 13.2 Å². The monoisotopic (exact) mass is 434 g/mol. The van der Waals surface area contributed by atoms with Crippen LogP contribution in [0.5, 0.6) is 5.75 Å². The fourth-order valence-electron chi connectivity index (χ4n) is 3.54. The molecule has 174 valence electrons. The number of guanidine groups is 1. The second kappa shape index (κ2) is 14.2. The third kappa shape index (κ3) is 9.43. The summed E-state index contributed by atoms with van der Waals surface area (Å²) in [4.78, 5) is 7.08. The number of hydrogen-bond donors (Lipinski definition) is 2. The molecule has 2 saturated heterocycles. The Morgan fingerprint density at radius 1 is 1.16 bits per heavy atom. The molecule has 8 heteroatoms. The molecule has 0 saturated carbocycles. The Morgan fingerprint density at radius 2 is 2.06 bits per heavy atom. The molecule has 0 aromatic heterocycles. The van der Waals surface area contributed by atoms with Crippen LogP contribution in [0.2, 0.25) is 0 Å². The molecule has 1 unspecified atom stereocenters. The van der Waals surface area contributed by atoms with Crippen LogP contribution in [0, 0.1) is 0 Å². The number of morpholine rings is 1. The first-order valence-electron chi connectivity index (χ1n) is 11.6. The number of nitrogens with zero attached hydrogens (tertiary/aromatic N) is 2. The molecule has 2 N–H and O–H groups in total. The summed E-state index contributed by atoms with van der Waals surface area (Å²) in [5.41, 5.74) is 1.13. The lowest BCUT2D eigenvalue weighted by Crippen LogP contribution is -2.38. The van der Waals surface area contributed by atoms with Crippen LogP contribution in [0.15, 0.2) is 29.3 Å². The lowest BCUT2D eigenvalue weighted by atomic mass is 10.2.